The first-order chi connectivity index (χ1) is 10.7. The van der Waals surface area contributed by atoms with E-state index in [1.54, 1.807) is 0 Å². The molecule has 0 radical (unpaired) electrons. The van der Waals surface area contributed by atoms with E-state index in [0.29, 0.717) is 6.54 Å². The molecule has 126 valence electrons. The van der Waals surface area contributed by atoms with Gasteiger partial charge >= 0.3 is 6.09 Å². The quantitative estimate of drug-likeness (QED) is 0.740. The van der Waals surface area contributed by atoms with Crippen molar-refractivity contribution in [2.75, 3.05) is 18.4 Å². The van der Waals surface area contributed by atoms with Crippen LogP contribution in [0.3, 0.4) is 0 Å². The lowest BCUT2D eigenvalue weighted by Crippen LogP contribution is -2.46. The molecule has 1 aromatic heterocycles. The van der Waals surface area contributed by atoms with E-state index in [1.807, 2.05) is 32.6 Å². The lowest BCUT2D eigenvalue weighted by atomic mass is 9.87. The minimum Gasteiger partial charge on any atom is -0.444 e. The van der Waals surface area contributed by atoms with E-state index in [1.165, 1.54) is 5.56 Å². The number of hydrogen-bond acceptors (Lipinski definition) is 4. The molecule has 0 saturated carbocycles. The average Bonchev–Trinajstić information content (AvgIpc) is 2.83. The van der Waals surface area contributed by atoms with E-state index in [-0.39, 0.29) is 11.6 Å². The number of aryl methyl sites for hydroxylation is 2. The highest BCUT2D eigenvalue weighted by molar-refractivity contribution is 9.10. The van der Waals surface area contributed by atoms with Gasteiger partial charge in [-0.3, -0.25) is 0 Å². The Balaban J connectivity index is 1.73. The third kappa shape index (κ3) is 3.47. The lowest BCUT2D eigenvalue weighted by Gasteiger charge is -2.36. The highest BCUT2D eigenvalue weighted by Crippen LogP contribution is 2.37. The largest absolute Gasteiger partial charge is 0.444 e. The summed E-state index contributed by atoms with van der Waals surface area (Å²) in [5.74, 6) is 0.961. The fourth-order valence-electron chi connectivity index (χ4n) is 3.27. The number of carbonyl (C=O) groups excluding carboxylic acids is 1. The van der Waals surface area contributed by atoms with Crippen molar-refractivity contribution in [1.82, 2.24) is 9.88 Å². The summed E-state index contributed by atoms with van der Waals surface area (Å²) in [7, 11) is 0. The Bertz CT molecular complexity index is 641. The molecule has 0 unspecified atom stereocenters. The van der Waals surface area contributed by atoms with Crippen molar-refractivity contribution in [1.29, 1.82) is 0 Å². The van der Waals surface area contributed by atoms with Crippen molar-refractivity contribution in [3.63, 3.8) is 0 Å². The van der Waals surface area contributed by atoms with E-state index in [2.05, 4.69) is 32.3 Å². The van der Waals surface area contributed by atoms with Gasteiger partial charge in [0.25, 0.3) is 0 Å². The van der Waals surface area contributed by atoms with Crippen molar-refractivity contribution in [3.8, 4) is 0 Å². The SMILES string of the molecule is Cc1nc2c(cc1Br)CC[C@]1(CCN(C(=O)OC(C)(C)C)C1)N2. The predicted molar refractivity (Wildman–Crippen MR) is 93.8 cm³/mol. The number of nitrogens with one attached hydrogen (secondary N) is 1. The van der Waals surface area contributed by atoms with Crippen LogP contribution in [0.25, 0.3) is 0 Å². The van der Waals surface area contributed by atoms with Crippen LogP contribution in [-0.4, -0.2) is 40.2 Å². The van der Waals surface area contributed by atoms with E-state index >= 15 is 0 Å². The molecule has 23 heavy (non-hydrogen) atoms. The number of nitrogens with zero attached hydrogens (tertiary/aromatic N) is 2. The van der Waals surface area contributed by atoms with Gasteiger partial charge in [0, 0.05) is 17.6 Å². The molecular weight excluding hydrogens is 358 g/mol. The van der Waals surface area contributed by atoms with E-state index in [0.717, 1.165) is 41.8 Å². The molecule has 1 aromatic rings. The van der Waals surface area contributed by atoms with Gasteiger partial charge in [-0.2, -0.15) is 0 Å². The second kappa shape index (κ2) is 5.65. The van der Waals surface area contributed by atoms with Crippen LogP contribution in [0.5, 0.6) is 0 Å². The monoisotopic (exact) mass is 381 g/mol. The lowest BCUT2D eigenvalue weighted by molar-refractivity contribution is 0.0285. The van der Waals surface area contributed by atoms with Gasteiger partial charge < -0.3 is 15.0 Å². The smallest absolute Gasteiger partial charge is 0.410 e. The Kier molecular flexibility index (Phi) is 4.07. The van der Waals surface area contributed by atoms with Crippen molar-refractivity contribution in [2.24, 2.45) is 0 Å². The topological polar surface area (TPSA) is 54.5 Å². The van der Waals surface area contributed by atoms with Gasteiger partial charge in [-0.25, -0.2) is 9.78 Å². The van der Waals surface area contributed by atoms with Gasteiger partial charge in [0.2, 0.25) is 0 Å². The second-order valence-electron chi connectivity index (χ2n) is 7.62. The zero-order valence-corrected chi connectivity index (χ0v) is 15.8. The van der Waals surface area contributed by atoms with Gasteiger partial charge in [0.05, 0.1) is 11.2 Å². The highest BCUT2D eigenvalue weighted by Gasteiger charge is 2.43. The van der Waals surface area contributed by atoms with Crippen molar-refractivity contribution >= 4 is 27.8 Å². The molecule has 1 spiro atoms. The Morgan fingerprint density at radius 1 is 1.43 bits per heavy atom. The van der Waals surface area contributed by atoms with Gasteiger partial charge in [0.15, 0.2) is 0 Å². The van der Waals surface area contributed by atoms with Crippen LogP contribution in [0.2, 0.25) is 0 Å². The van der Waals surface area contributed by atoms with Crippen LogP contribution in [0.4, 0.5) is 10.6 Å². The van der Waals surface area contributed by atoms with Crippen molar-refractivity contribution < 1.29 is 9.53 Å². The molecule has 3 rings (SSSR count). The molecule has 1 atom stereocenters. The van der Waals surface area contributed by atoms with Crippen LogP contribution in [0, 0.1) is 6.92 Å². The maximum absolute atomic E-state index is 12.3. The zero-order valence-electron chi connectivity index (χ0n) is 14.2. The molecule has 0 aliphatic carbocycles. The van der Waals surface area contributed by atoms with Crippen LogP contribution >= 0.6 is 15.9 Å². The fraction of sp³-hybridized carbons (Fsp3) is 0.647. The van der Waals surface area contributed by atoms with Gasteiger partial charge in [0.1, 0.15) is 11.4 Å². The van der Waals surface area contributed by atoms with Gasteiger partial charge in [-0.05, 0) is 74.5 Å². The number of halogens is 1. The average molecular weight is 382 g/mol. The standard InChI is InChI=1S/C17H24BrN3O2/c1-11-13(18)9-12-5-6-17(20-14(12)19-11)7-8-21(10-17)15(22)23-16(2,3)4/h9H,5-8,10H2,1-4H3,(H,19,20)/t17-/m1/s1. The molecule has 2 aliphatic rings. The summed E-state index contributed by atoms with van der Waals surface area (Å²) in [6.45, 7) is 9.10. The zero-order chi connectivity index (χ0) is 16.8. The van der Waals surface area contributed by atoms with Crippen molar-refractivity contribution in [2.45, 2.75) is 58.1 Å². The molecule has 5 nitrogen and oxygen atoms in total. The Morgan fingerprint density at radius 3 is 2.87 bits per heavy atom. The third-order valence-electron chi connectivity index (χ3n) is 4.49. The maximum Gasteiger partial charge on any atom is 0.410 e. The number of amides is 1. The summed E-state index contributed by atoms with van der Waals surface area (Å²) in [5.41, 5.74) is 1.70. The number of carbonyl (C=O) groups is 1. The summed E-state index contributed by atoms with van der Waals surface area (Å²) in [5, 5.41) is 3.61. The molecule has 2 aliphatic heterocycles. The summed E-state index contributed by atoms with van der Waals surface area (Å²) in [6.07, 6.45) is 2.71. The second-order valence-corrected chi connectivity index (χ2v) is 8.47. The molecule has 1 amide bonds. The number of ether oxygens (including phenoxy) is 1. The van der Waals surface area contributed by atoms with Crippen LogP contribution in [0.15, 0.2) is 10.5 Å². The van der Waals surface area contributed by atoms with Crippen LogP contribution < -0.4 is 5.32 Å². The Morgan fingerprint density at radius 2 is 2.17 bits per heavy atom. The molecular formula is C17H24BrN3O2. The predicted octanol–water partition coefficient (Wildman–Crippen LogP) is 3.89. The van der Waals surface area contributed by atoms with E-state index in [4.69, 9.17) is 4.74 Å². The number of anilines is 1. The summed E-state index contributed by atoms with van der Waals surface area (Å²) < 4.78 is 6.55. The summed E-state index contributed by atoms with van der Waals surface area (Å²) >= 11 is 3.55. The van der Waals surface area contributed by atoms with E-state index < -0.39 is 5.60 Å². The van der Waals surface area contributed by atoms with Crippen LogP contribution in [0.1, 0.15) is 44.9 Å². The molecule has 1 fully saturated rings. The highest BCUT2D eigenvalue weighted by atomic mass is 79.9. The molecule has 0 aromatic carbocycles. The number of aromatic nitrogens is 1. The molecule has 1 saturated heterocycles. The minimum absolute atomic E-state index is 0.0722. The first-order valence-electron chi connectivity index (χ1n) is 8.10. The Labute approximate surface area is 145 Å². The number of pyridine rings is 1. The number of hydrogen-bond donors (Lipinski definition) is 1. The van der Waals surface area contributed by atoms with Gasteiger partial charge in [-0.1, -0.05) is 0 Å². The normalized spacial score (nSPS) is 23.6. The van der Waals surface area contributed by atoms with E-state index in [9.17, 15) is 4.79 Å². The minimum atomic E-state index is -0.454. The fourth-order valence-corrected chi connectivity index (χ4v) is 3.63. The number of likely N-dealkylation sites (tertiary alicyclic amines) is 1. The molecule has 0 bridgehead atoms. The number of fused-ring (bicyclic) bond motifs is 1. The number of rotatable bonds is 0. The van der Waals surface area contributed by atoms with Crippen molar-refractivity contribution in [3.05, 3.63) is 21.8 Å². The van der Waals surface area contributed by atoms with Crippen LogP contribution in [-0.2, 0) is 11.2 Å². The van der Waals surface area contributed by atoms with Gasteiger partial charge in [-0.15, -0.1) is 0 Å². The molecule has 6 heteroatoms. The Hall–Kier alpha value is -1.30. The first kappa shape index (κ1) is 16.6. The summed E-state index contributed by atoms with van der Waals surface area (Å²) in [4.78, 5) is 18.8. The maximum atomic E-state index is 12.3. The molecule has 3 heterocycles. The first-order valence-corrected chi connectivity index (χ1v) is 8.89. The molecule has 1 N–H and O–H groups in total. The third-order valence-corrected chi connectivity index (χ3v) is 5.29. The summed E-state index contributed by atoms with van der Waals surface area (Å²) in [6, 6.07) is 2.15.